The fraction of sp³-hybridized carbons (Fsp3) is 0.833. The van der Waals surface area contributed by atoms with Crippen LogP contribution in [0.25, 0.3) is 0 Å². The fourth-order valence-electron chi connectivity index (χ4n) is 1.73. The Kier molecular flexibility index (Phi) is 5.58. The fourth-order valence-corrected chi connectivity index (χ4v) is 1.73. The summed E-state index contributed by atoms with van der Waals surface area (Å²) in [4.78, 5) is 4.24. The van der Waals surface area contributed by atoms with E-state index >= 15 is 0 Å². The molecular weight excluding hydrogens is 216 g/mol. The minimum atomic E-state index is 0.115. The minimum Gasteiger partial charge on any atom is -0.396 e. The molecule has 1 aromatic heterocycles. The van der Waals surface area contributed by atoms with Gasteiger partial charge in [0.25, 0.3) is 0 Å². The molecule has 0 fully saturated rings. The molecular formula is C12H24N4O. The van der Waals surface area contributed by atoms with Crippen LogP contribution < -0.4 is 5.32 Å². The first kappa shape index (κ1) is 14.1. The normalized spacial score (nSPS) is 12.0. The van der Waals surface area contributed by atoms with Gasteiger partial charge in [0.05, 0.1) is 6.54 Å². The van der Waals surface area contributed by atoms with Crippen LogP contribution in [0.2, 0.25) is 0 Å². The molecule has 1 heterocycles. The van der Waals surface area contributed by atoms with Gasteiger partial charge in [0.2, 0.25) is 0 Å². The molecule has 0 spiro atoms. The molecule has 1 aromatic rings. The molecule has 0 bridgehead atoms. The van der Waals surface area contributed by atoms with E-state index in [-0.39, 0.29) is 12.0 Å². The van der Waals surface area contributed by atoms with Crippen molar-refractivity contribution in [2.45, 2.75) is 46.7 Å². The van der Waals surface area contributed by atoms with E-state index in [0.717, 1.165) is 38.3 Å². The zero-order chi connectivity index (χ0) is 12.7. The average Bonchev–Trinajstić information content (AvgIpc) is 2.66. The summed E-state index contributed by atoms with van der Waals surface area (Å²) in [6, 6.07) is 0. The standard InChI is InChI=1S/C12H24N4O/c1-4-6-16-11(14-10-15-16)8-13-9-12(2,3)5-7-17/h10,13,17H,4-9H2,1-3H3. The van der Waals surface area contributed by atoms with Crippen LogP contribution in [0.1, 0.15) is 39.4 Å². The molecule has 2 N–H and O–H groups in total. The van der Waals surface area contributed by atoms with Crippen LogP contribution in [0.15, 0.2) is 6.33 Å². The van der Waals surface area contributed by atoms with Gasteiger partial charge in [-0.15, -0.1) is 0 Å². The summed E-state index contributed by atoms with van der Waals surface area (Å²) in [6.07, 6.45) is 3.47. The molecule has 0 amide bonds. The van der Waals surface area contributed by atoms with Crippen LogP contribution in [0, 0.1) is 5.41 Å². The average molecular weight is 240 g/mol. The Bertz CT molecular complexity index is 322. The SMILES string of the molecule is CCCn1ncnc1CNCC(C)(C)CCO. The number of aromatic nitrogens is 3. The zero-order valence-corrected chi connectivity index (χ0v) is 11.1. The summed E-state index contributed by atoms with van der Waals surface area (Å²) in [7, 11) is 0. The molecule has 17 heavy (non-hydrogen) atoms. The minimum absolute atomic E-state index is 0.115. The van der Waals surface area contributed by atoms with E-state index in [2.05, 4.69) is 36.2 Å². The number of hydrogen-bond acceptors (Lipinski definition) is 4. The van der Waals surface area contributed by atoms with Gasteiger partial charge in [0.1, 0.15) is 12.2 Å². The third-order valence-corrected chi connectivity index (χ3v) is 2.81. The van der Waals surface area contributed by atoms with Crippen LogP contribution in [-0.4, -0.2) is 33.0 Å². The Hall–Kier alpha value is -0.940. The summed E-state index contributed by atoms with van der Waals surface area (Å²) in [5, 5.41) is 16.5. The van der Waals surface area contributed by atoms with Crippen LogP contribution in [0.5, 0.6) is 0 Å². The lowest BCUT2D eigenvalue weighted by Crippen LogP contribution is -2.30. The van der Waals surface area contributed by atoms with Gasteiger partial charge in [-0.05, 0) is 18.3 Å². The maximum absolute atomic E-state index is 8.95. The van der Waals surface area contributed by atoms with Crippen molar-refractivity contribution < 1.29 is 5.11 Å². The maximum Gasteiger partial charge on any atom is 0.140 e. The molecule has 0 aliphatic heterocycles. The van der Waals surface area contributed by atoms with Crippen molar-refractivity contribution >= 4 is 0 Å². The number of hydrogen-bond donors (Lipinski definition) is 2. The highest BCUT2D eigenvalue weighted by Gasteiger charge is 2.16. The monoisotopic (exact) mass is 240 g/mol. The predicted octanol–water partition coefficient (Wildman–Crippen LogP) is 1.19. The van der Waals surface area contributed by atoms with Crippen molar-refractivity contribution in [1.82, 2.24) is 20.1 Å². The van der Waals surface area contributed by atoms with Gasteiger partial charge in [-0.1, -0.05) is 20.8 Å². The van der Waals surface area contributed by atoms with Gasteiger partial charge in [-0.2, -0.15) is 5.10 Å². The van der Waals surface area contributed by atoms with Crippen LogP contribution in [0.4, 0.5) is 0 Å². The molecule has 0 atom stereocenters. The molecule has 1 rings (SSSR count). The quantitative estimate of drug-likeness (QED) is 0.716. The van der Waals surface area contributed by atoms with Crippen molar-refractivity contribution in [3.63, 3.8) is 0 Å². The summed E-state index contributed by atoms with van der Waals surface area (Å²) in [5.41, 5.74) is 0.115. The van der Waals surface area contributed by atoms with E-state index in [0.29, 0.717) is 0 Å². The molecule has 0 aliphatic carbocycles. The molecule has 98 valence electrons. The smallest absolute Gasteiger partial charge is 0.140 e. The second-order valence-corrected chi connectivity index (χ2v) is 5.14. The van der Waals surface area contributed by atoms with Crippen LogP contribution in [-0.2, 0) is 13.1 Å². The number of nitrogens with one attached hydrogen (secondary N) is 1. The lowest BCUT2D eigenvalue weighted by molar-refractivity contribution is 0.206. The van der Waals surface area contributed by atoms with E-state index in [1.807, 2.05) is 4.68 Å². The third kappa shape index (κ3) is 4.83. The molecule has 0 saturated carbocycles. The summed E-state index contributed by atoms with van der Waals surface area (Å²) in [5.74, 6) is 0.978. The first-order chi connectivity index (χ1) is 8.09. The highest BCUT2D eigenvalue weighted by molar-refractivity contribution is 4.84. The van der Waals surface area contributed by atoms with Gasteiger partial charge >= 0.3 is 0 Å². The third-order valence-electron chi connectivity index (χ3n) is 2.81. The molecule has 0 unspecified atom stereocenters. The van der Waals surface area contributed by atoms with Gasteiger partial charge in [0.15, 0.2) is 0 Å². The zero-order valence-electron chi connectivity index (χ0n) is 11.1. The molecule has 0 radical (unpaired) electrons. The van der Waals surface area contributed by atoms with Crippen molar-refractivity contribution in [3.05, 3.63) is 12.2 Å². The lowest BCUT2D eigenvalue weighted by atomic mass is 9.90. The summed E-state index contributed by atoms with van der Waals surface area (Å²) < 4.78 is 1.94. The van der Waals surface area contributed by atoms with Crippen molar-refractivity contribution in [2.24, 2.45) is 5.41 Å². The number of aliphatic hydroxyl groups is 1. The van der Waals surface area contributed by atoms with Crippen molar-refractivity contribution in [2.75, 3.05) is 13.2 Å². The number of nitrogens with zero attached hydrogens (tertiary/aromatic N) is 3. The number of aliphatic hydroxyl groups excluding tert-OH is 1. The van der Waals surface area contributed by atoms with Gasteiger partial charge in [0, 0.05) is 19.7 Å². The largest absolute Gasteiger partial charge is 0.396 e. The van der Waals surface area contributed by atoms with Crippen LogP contribution >= 0.6 is 0 Å². The Morgan fingerprint density at radius 1 is 1.47 bits per heavy atom. The Morgan fingerprint density at radius 3 is 2.88 bits per heavy atom. The highest BCUT2D eigenvalue weighted by atomic mass is 16.3. The molecule has 5 nitrogen and oxygen atoms in total. The first-order valence-corrected chi connectivity index (χ1v) is 6.27. The number of rotatable bonds is 8. The second-order valence-electron chi connectivity index (χ2n) is 5.14. The van der Waals surface area contributed by atoms with E-state index in [1.54, 1.807) is 6.33 Å². The topological polar surface area (TPSA) is 63.0 Å². The lowest BCUT2D eigenvalue weighted by Gasteiger charge is -2.23. The molecule has 0 aromatic carbocycles. The van der Waals surface area contributed by atoms with E-state index in [1.165, 1.54) is 0 Å². The van der Waals surface area contributed by atoms with E-state index in [9.17, 15) is 0 Å². The number of aryl methyl sites for hydroxylation is 1. The van der Waals surface area contributed by atoms with E-state index < -0.39 is 0 Å². The Morgan fingerprint density at radius 2 is 2.24 bits per heavy atom. The van der Waals surface area contributed by atoms with Crippen LogP contribution in [0.3, 0.4) is 0 Å². The van der Waals surface area contributed by atoms with Crippen molar-refractivity contribution in [3.8, 4) is 0 Å². The van der Waals surface area contributed by atoms with Gasteiger partial charge < -0.3 is 10.4 Å². The maximum atomic E-state index is 8.95. The van der Waals surface area contributed by atoms with Gasteiger partial charge in [-0.25, -0.2) is 9.67 Å². The molecule has 0 aliphatic rings. The predicted molar refractivity (Wildman–Crippen MR) is 67.5 cm³/mol. The Balaban J connectivity index is 2.37. The second kappa shape index (κ2) is 6.71. The summed E-state index contributed by atoms with van der Waals surface area (Å²) >= 11 is 0. The van der Waals surface area contributed by atoms with Gasteiger partial charge in [-0.3, -0.25) is 0 Å². The first-order valence-electron chi connectivity index (χ1n) is 6.27. The molecule has 5 heteroatoms. The highest BCUT2D eigenvalue weighted by Crippen LogP contribution is 2.17. The summed E-state index contributed by atoms with van der Waals surface area (Å²) in [6.45, 7) is 9.17. The van der Waals surface area contributed by atoms with E-state index in [4.69, 9.17) is 5.11 Å². The Labute approximate surface area is 103 Å². The van der Waals surface area contributed by atoms with Crippen molar-refractivity contribution in [1.29, 1.82) is 0 Å². The molecule has 0 saturated heterocycles.